The number of fused-ring (bicyclic) bond motifs is 9. The first-order chi connectivity index (χ1) is 35.7. The van der Waals surface area contributed by atoms with E-state index in [1.54, 1.807) is 48.9 Å². The Morgan fingerprint density at radius 2 is 0.959 bits per heavy atom. The predicted octanol–water partition coefficient (Wildman–Crippen LogP) is 10.2. The van der Waals surface area contributed by atoms with Crippen LogP contribution >= 0.6 is 0 Å². The number of hydrogen-bond acceptors (Lipinski definition) is 11. The lowest BCUT2D eigenvalue weighted by Crippen LogP contribution is -2.63. The van der Waals surface area contributed by atoms with Gasteiger partial charge in [-0.15, -0.1) is 0 Å². The third-order valence-corrected chi connectivity index (χ3v) is 18.6. The van der Waals surface area contributed by atoms with Crippen LogP contribution in [0, 0.1) is 23.2 Å². The van der Waals surface area contributed by atoms with E-state index in [1.165, 1.54) is 3.97 Å². The number of anilines is 3. The van der Waals surface area contributed by atoms with E-state index in [0.29, 0.717) is 24.0 Å². The Hall–Kier alpha value is -7.34. The molecule has 0 radical (unpaired) electrons. The summed E-state index contributed by atoms with van der Waals surface area (Å²) in [4.78, 5) is 37.1. The molecule has 18 heteroatoms. The fraction of sp³-hybridized carbons (Fsp3) is 0.357. The van der Waals surface area contributed by atoms with Crippen molar-refractivity contribution in [2.24, 2.45) is 23.3 Å². The second kappa shape index (κ2) is 16.3. The van der Waals surface area contributed by atoms with Crippen molar-refractivity contribution in [2.45, 2.75) is 68.9 Å². The van der Waals surface area contributed by atoms with Gasteiger partial charge in [0.05, 0.1) is 21.4 Å². The molecule has 6 aliphatic rings. The maximum atomic E-state index is 13.6. The zero-order chi connectivity index (χ0) is 50.3. The summed E-state index contributed by atoms with van der Waals surface area (Å²) in [7, 11) is -1.82. The number of aromatic amines is 1. The molecule has 3 aliphatic heterocycles. The molecule has 0 bridgehead atoms. The van der Waals surface area contributed by atoms with Gasteiger partial charge < -0.3 is 24.3 Å². The van der Waals surface area contributed by atoms with Crippen molar-refractivity contribution in [1.29, 1.82) is 0 Å². The van der Waals surface area contributed by atoms with Crippen molar-refractivity contribution < 1.29 is 21.6 Å². The molecule has 1 aromatic carbocycles. The zero-order valence-electron chi connectivity index (χ0n) is 41.0. The number of nitrogens with one attached hydrogen (secondary N) is 1. The van der Waals surface area contributed by atoms with E-state index in [-0.39, 0.29) is 21.1 Å². The van der Waals surface area contributed by atoms with Gasteiger partial charge in [-0.2, -0.15) is 0 Å². The van der Waals surface area contributed by atoms with Crippen LogP contribution in [0.25, 0.3) is 65.8 Å². The summed E-state index contributed by atoms with van der Waals surface area (Å²) in [5.74, 6) is 2.70. The van der Waals surface area contributed by atoms with Crippen LogP contribution in [0.5, 0.6) is 0 Å². The average molecular weight is 1020 g/mol. The highest BCUT2D eigenvalue weighted by Crippen LogP contribution is 2.53. The number of alkyl halides is 3. The van der Waals surface area contributed by atoms with Crippen LogP contribution in [0.3, 0.4) is 0 Å². The van der Waals surface area contributed by atoms with Crippen LogP contribution in [-0.4, -0.2) is 110 Å². The lowest BCUT2D eigenvalue weighted by molar-refractivity contribution is 0.000202. The smallest absolute Gasteiger partial charge is 0.269 e. The van der Waals surface area contributed by atoms with Crippen LogP contribution in [0.15, 0.2) is 121 Å². The number of nitrogens with zero attached hydrogens (tertiary/aromatic N) is 11. The van der Waals surface area contributed by atoms with Crippen LogP contribution in [0.1, 0.15) is 44.1 Å². The van der Waals surface area contributed by atoms with Crippen LogP contribution in [0.2, 0.25) is 0 Å². The molecule has 3 aliphatic carbocycles. The highest BCUT2D eigenvalue weighted by atomic mass is 32.2. The molecule has 14 nitrogen and oxygen atoms in total. The fourth-order valence-corrected chi connectivity index (χ4v) is 14.5. The highest BCUT2D eigenvalue weighted by Gasteiger charge is 2.55. The summed E-state index contributed by atoms with van der Waals surface area (Å²) in [6.45, 7) is 7.20. The van der Waals surface area contributed by atoms with Crippen molar-refractivity contribution in [2.75, 3.05) is 54.0 Å². The van der Waals surface area contributed by atoms with Gasteiger partial charge in [0, 0.05) is 132 Å². The number of hydrogen-bond donors (Lipinski definition) is 1. The standard InChI is InChI=1S/C23H21FN4O2S.C17H17FN4.C16H15FN4/c1-15-2-4-17(5-3-15)31(29,30)28-20-8-9-25-12-19(20)18-6-7-21(26-22(18)28)27-13-23(14-27)10-16(24)11-23;1-21-14-4-5-19-8-13(14)12-2-3-15(20-16(12)21)22-9-17(10-22)6-11(18)7-17;17-10-5-16(6-10)8-21(9-16)14-2-1-11-12-7-18-4-3-13(12)19-15(11)20-14/h2-9,12,16H,10-11,13-14H2,1H3;2-5,8,11H,6-7,9-10H2,1H3;1-4,7,10H,5-6,8-9H2,(H,19,20). The van der Waals surface area contributed by atoms with Gasteiger partial charge in [0.25, 0.3) is 10.0 Å². The summed E-state index contributed by atoms with van der Waals surface area (Å²) >= 11 is 0. The Bertz CT molecular complexity index is 3970. The molecule has 74 heavy (non-hydrogen) atoms. The number of benzene rings is 1. The summed E-state index contributed by atoms with van der Waals surface area (Å²) in [5, 5.41) is 5.96. The van der Waals surface area contributed by atoms with E-state index in [9.17, 15) is 21.6 Å². The lowest BCUT2D eigenvalue weighted by atomic mass is 9.62. The Morgan fingerprint density at radius 3 is 1.50 bits per heavy atom. The van der Waals surface area contributed by atoms with Gasteiger partial charge in [0.15, 0.2) is 5.65 Å². The first-order valence-corrected chi connectivity index (χ1v) is 26.8. The fourth-order valence-electron chi connectivity index (χ4n) is 13.0. The number of H-pyrrole nitrogens is 1. The minimum atomic E-state index is -3.86. The number of rotatable bonds is 5. The summed E-state index contributed by atoms with van der Waals surface area (Å²) < 4.78 is 70.2. The summed E-state index contributed by atoms with van der Waals surface area (Å²) in [5.41, 5.74) is 6.56. The molecule has 0 unspecified atom stereocenters. The van der Waals surface area contributed by atoms with E-state index >= 15 is 0 Å². The van der Waals surface area contributed by atoms with E-state index in [4.69, 9.17) is 15.0 Å². The maximum absolute atomic E-state index is 13.6. The van der Waals surface area contributed by atoms with Crippen LogP contribution in [-0.2, 0) is 17.1 Å². The summed E-state index contributed by atoms with van der Waals surface area (Å²) in [6.07, 6.45) is 12.9. The van der Waals surface area contributed by atoms with Crippen molar-refractivity contribution in [3.8, 4) is 0 Å². The maximum Gasteiger partial charge on any atom is 0.269 e. The quantitative estimate of drug-likeness (QED) is 0.176. The first kappa shape index (κ1) is 45.3. The molecule has 376 valence electrons. The second-order valence-corrected chi connectivity index (χ2v) is 24.0. The largest absolute Gasteiger partial charge is 0.355 e. The first-order valence-electron chi connectivity index (χ1n) is 25.4. The van der Waals surface area contributed by atoms with Crippen LogP contribution in [0.4, 0.5) is 30.6 Å². The molecule has 0 amide bonds. The van der Waals surface area contributed by atoms with Gasteiger partial charge in [-0.3, -0.25) is 15.0 Å². The van der Waals surface area contributed by atoms with Gasteiger partial charge in [-0.1, -0.05) is 17.7 Å². The number of aryl methyl sites for hydroxylation is 2. The molecule has 3 saturated heterocycles. The molecular formula is C56H53F3N12O2S. The average Bonchev–Trinajstić information content (AvgIpc) is 3.99. The van der Waals surface area contributed by atoms with Gasteiger partial charge in [-0.05, 0) is 112 Å². The third-order valence-electron chi connectivity index (χ3n) is 16.8. The highest BCUT2D eigenvalue weighted by molar-refractivity contribution is 7.90. The number of halogens is 3. The molecular weight excluding hydrogens is 962 g/mol. The molecule has 9 aromatic heterocycles. The normalized spacial score (nSPS) is 20.5. The predicted molar refractivity (Wildman–Crippen MR) is 283 cm³/mol. The van der Waals surface area contributed by atoms with Gasteiger partial charge in [-0.25, -0.2) is 40.5 Å². The molecule has 16 rings (SSSR count). The monoisotopic (exact) mass is 1010 g/mol. The molecule has 3 spiro atoms. The minimum absolute atomic E-state index is 0.0701. The van der Waals surface area contributed by atoms with Gasteiger partial charge in [0.2, 0.25) is 0 Å². The van der Waals surface area contributed by atoms with Gasteiger partial charge >= 0.3 is 0 Å². The molecule has 12 heterocycles. The van der Waals surface area contributed by atoms with E-state index in [2.05, 4.69) is 63.5 Å². The number of aromatic nitrogens is 9. The Morgan fingerprint density at radius 1 is 0.514 bits per heavy atom. The van der Waals surface area contributed by atoms with Crippen molar-refractivity contribution in [3.63, 3.8) is 0 Å². The Labute approximate surface area is 424 Å². The van der Waals surface area contributed by atoms with E-state index in [1.807, 2.05) is 56.8 Å². The van der Waals surface area contributed by atoms with E-state index in [0.717, 1.165) is 143 Å². The molecule has 10 aromatic rings. The molecule has 6 fully saturated rings. The van der Waals surface area contributed by atoms with Crippen molar-refractivity contribution >= 4 is 93.3 Å². The lowest BCUT2D eigenvalue weighted by Gasteiger charge is -2.57. The Balaban J connectivity index is 0.000000105. The SMILES string of the molecule is Cc1ccc(S(=O)(=O)n2c3ccncc3c3ccc(N4CC5(CC(F)C5)C4)nc32)cc1.Cn1c2ccncc2c2ccc(N3CC4(CC(F)C4)C3)nc21.FC1CC2(C1)CN(c1ccc3c(n1)[nH]c1ccncc13)C2. The third kappa shape index (κ3) is 7.21. The molecule has 3 saturated carbocycles. The topological polar surface area (TPSA) is 147 Å². The Kier molecular flexibility index (Phi) is 9.99. The number of pyridine rings is 6. The van der Waals surface area contributed by atoms with Crippen molar-refractivity contribution in [1.82, 2.24) is 43.4 Å². The second-order valence-electron chi connectivity index (χ2n) is 22.2. The molecule has 0 atom stereocenters. The molecule has 1 N–H and O–H groups in total. The van der Waals surface area contributed by atoms with E-state index < -0.39 is 28.5 Å². The van der Waals surface area contributed by atoms with Gasteiger partial charge in [0.1, 0.15) is 47.3 Å². The zero-order valence-corrected chi connectivity index (χ0v) is 41.8. The van der Waals surface area contributed by atoms with Crippen molar-refractivity contribution in [3.05, 3.63) is 122 Å². The summed E-state index contributed by atoms with van der Waals surface area (Å²) in [6, 6.07) is 24.7. The minimum Gasteiger partial charge on any atom is -0.355 e. The van der Waals surface area contributed by atoms with Crippen LogP contribution < -0.4 is 14.7 Å².